The topological polar surface area (TPSA) is 82.1 Å². The second-order valence-corrected chi connectivity index (χ2v) is 5.68. The molecule has 1 heterocycles. The van der Waals surface area contributed by atoms with Crippen LogP contribution in [0.3, 0.4) is 0 Å². The highest BCUT2D eigenvalue weighted by Crippen LogP contribution is 2.29. The SMILES string of the molecule is CN(C)CCOCCNC(=O)N1CCC(C)(C(=O)O)C1. The summed E-state index contributed by atoms with van der Waals surface area (Å²) >= 11 is 0. The van der Waals surface area contributed by atoms with Crippen LogP contribution in [0.25, 0.3) is 0 Å². The Balaban J connectivity index is 2.17. The Labute approximate surface area is 119 Å². The van der Waals surface area contributed by atoms with Crippen LogP contribution in [0, 0.1) is 5.41 Å². The molecule has 2 amide bonds. The first-order valence-corrected chi connectivity index (χ1v) is 6.84. The number of nitrogens with zero attached hydrogens (tertiary/aromatic N) is 2. The second kappa shape index (κ2) is 7.44. The largest absolute Gasteiger partial charge is 0.481 e. The molecular formula is C13H25N3O4. The molecule has 0 bridgehead atoms. The van der Waals surface area contributed by atoms with Gasteiger partial charge >= 0.3 is 12.0 Å². The summed E-state index contributed by atoms with van der Waals surface area (Å²) in [4.78, 5) is 26.5. The molecule has 0 saturated carbocycles. The van der Waals surface area contributed by atoms with Gasteiger partial charge in [0.25, 0.3) is 0 Å². The molecule has 2 N–H and O–H groups in total. The minimum atomic E-state index is -0.847. The number of likely N-dealkylation sites (tertiary alicyclic amines) is 1. The smallest absolute Gasteiger partial charge is 0.317 e. The lowest BCUT2D eigenvalue weighted by atomic mass is 9.90. The lowest BCUT2D eigenvalue weighted by Gasteiger charge is -2.20. The number of carbonyl (C=O) groups excluding carboxylic acids is 1. The monoisotopic (exact) mass is 287 g/mol. The van der Waals surface area contributed by atoms with Crippen molar-refractivity contribution in [3.8, 4) is 0 Å². The molecular weight excluding hydrogens is 262 g/mol. The molecule has 0 aromatic rings. The molecule has 116 valence electrons. The summed E-state index contributed by atoms with van der Waals surface area (Å²) in [5, 5.41) is 11.9. The van der Waals surface area contributed by atoms with Crippen LogP contribution in [0.2, 0.25) is 0 Å². The number of rotatable bonds is 7. The molecule has 1 atom stereocenters. The number of carboxylic acid groups (broad SMARTS) is 1. The van der Waals surface area contributed by atoms with Crippen molar-refractivity contribution in [3.63, 3.8) is 0 Å². The molecule has 1 saturated heterocycles. The first-order valence-electron chi connectivity index (χ1n) is 6.84. The number of hydrogen-bond donors (Lipinski definition) is 2. The third-order valence-corrected chi connectivity index (χ3v) is 3.48. The quantitative estimate of drug-likeness (QED) is 0.648. The second-order valence-electron chi connectivity index (χ2n) is 5.68. The normalized spacial score (nSPS) is 22.3. The standard InChI is InChI=1S/C13H25N3O4/c1-13(11(17)18)4-6-16(10-13)12(19)14-5-8-20-9-7-15(2)3/h4-10H2,1-3H3,(H,14,19)(H,17,18). The van der Waals surface area contributed by atoms with E-state index in [0.717, 1.165) is 6.54 Å². The highest BCUT2D eigenvalue weighted by Gasteiger charge is 2.42. The van der Waals surface area contributed by atoms with E-state index in [1.165, 1.54) is 0 Å². The molecule has 1 rings (SSSR count). The molecule has 0 spiro atoms. The van der Waals surface area contributed by atoms with Gasteiger partial charge in [-0.25, -0.2) is 4.79 Å². The van der Waals surface area contributed by atoms with Gasteiger partial charge in [-0.3, -0.25) is 4.79 Å². The van der Waals surface area contributed by atoms with Crippen molar-refractivity contribution in [3.05, 3.63) is 0 Å². The van der Waals surface area contributed by atoms with E-state index in [1.807, 2.05) is 19.0 Å². The number of ether oxygens (including phenoxy) is 1. The molecule has 7 nitrogen and oxygen atoms in total. The minimum absolute atomic E-state index is 0.216. The number of carboxylic acids is 1. The van der Waals surface area contributed by atoms with E-state index < -0.39 is 11.4 Å². The Morgan fingerprint density at radius 1 is 1.40 bits per heavy atom. The summed E-state index contributed by atoms with van der Waals surface area (Å²) in [5.41, 5.74) is -0.820. The van der Waals surface area contributed by atoms with Gasteiger partial charge in [0.05, 0.1) is 18.6 Å². The summed E-state index contributed by atoms with van der Waals surface area (Å²) in [6.45, 7) is 4.79. The highest BCUT2D eigenvalue weighted by atomic mass is 16.5. The zero-order valence-electron chi connectivity index (χ0n) is 12.5. The predicted octanol–water partition coefficient (Wildman–Crippen LogP) is 0.0708. The fourth-order valence-corrected chi connectivity index (χ4v) is 2.00. The summed E-state index contributed by atoms with van der Waals surface area (Å²) in [6, 6.07) is -0.216. The number of nitrogens with one attached hydrogen (secondary N) is 1. The number of aliphatic carboxylic acids is 1. The predicted molar refractivity (Wildman–Crippen MR) is 74.7 cm³/mol. The van der Waals surface area contributed by atoms with Crippen LogP contribution >= 0.6 is 0 Å². The van der Waals surface area contributed by atoms with E-state index in [0.29, 0.717) is 32.7 Å². The lowest BCUT2D eigenvalue weighted by Crippen LogP contribution is -2.42. The number of urea groups is 1. The number of carbonyl (C=O) groups is 2. The first kappa shape index (κ1) is 16.7. The maximum Gasteiger partial charge on any atom is 0.317 e. The molecule has 1 aliphatic rings. The van der Waals surface area contributed by atoms with E-state index >= 15 is 0 Å². The number of hydrogen-bond acceptors (Lipinski definition) is 4. The van der Waals surface area contributed by atoms with Crippen molar-refractivity contribution >= 4 is 12.0 Å². The van der Waals surface area contributed by atoms with Gasteiger partial charge in [-0.05, 0) is 27.4 Å². The number of amides is 2. The van der Waals surface area contributed by atoms with Gasteiger partial charge in [0.15, 0.2) is 0 Å². The summed E-state index contributed by atoms with van der Waals surface area (Å²) in [5.74, 6) is -0.847. The van der Waals surface area contributed by atoms with Gasteiger partial charge in [-0.15, -0.1) is 0 Å². The third kappa shape index (κ3) is 4.97. The molecule has 0 aliphatic carbocycles. The van der Waals surface area contributed by atoms with Gasteiger partial charge in [-0.1, -0.05) is 0 Å². The Morgan fingerprint density at radius 2 is 2.10 bits per heavy atom. The van der Waals surface area contributed by atoms with E-state index in [-0.39, 0.29) is 12.6 Å². The van der Waals surface area contributed by atoms with Gasteiger partial charge < -0.3 is 25.0 Å². The fourth-order valence-electron chi connectivity index (χ4n) is 2.00. The van der Waals surface area contributed by atoms with Gasteiger partial charge in [0.2, 0.25) is 0 Å². The molecule has 0 radical (unpaired) electrons. The van der Waals surface area contributed by atoms with Crippen molar-refractivity contribution < 1.29 is 19.4 Å². The number of likely N-dealkylation sites (N-methyl/N-ethyl adjacent to an activating group) is 1. The van der Waals surface area contributed by atoms with Gasteiger partial charge in [0, 0.05) is 26.2 Å². The lowest BCUT2D eigenvalue weighted by molar-refractivity contribution is -0.147. The Bertz CT molecular complexity index is 349. The fraction of sp³-hybridized carbons (Fsp3) is 0.846. The van der Waals surface area contributed by atoms with Crippen LogP contribution in [0.4, 0.5) is 4.79 Å². The summed E-state index contributed by atoms with van der Waals surface area (Å²) in [6.07, 6.45) is 0.495. The molecule has 0 aromatic heterocycles. The average molecular weight is 287 g/mol. The van der Waals surface area contributed by atoms with Crippen LogP contribution in [-0.4, -0.2) is 80.4 Å². The third-order valence-electron chi connectivity index (χ3n) is 3.48. The van der Waals surface area contributed by atoms with Crippen LogP contribution < -0.4 is 5.32 Å². The molecule has 1 aliphatic heterocycles. The Morgan fingerprint density at radius 3 is 2.65 bits per heavy atom. The Hall–Kier alpha value is -1.34. The maximum atomic E-state index is 11.9. The maximum absolute atomic E-state index is 11.9. The summed E-state index contributed by atoms with van der Waals surface area (Å²) in [7, 11) is 3.94. The first-order chi connectivity index (χ1) is 9.35. The van der Waals surface area contributed by atoms with Crippen LogP contribution in [0.1, 0.15) is 13.3 Å². The highest BCUT2D eigenvalue weighted by molar-refractivity contribution is 5.79. The Kier molecular flexibility index (Phi) is 6.22. The van der Waals surface area contributed by atoms with E-state index in [1.54, 1.807) is 11.8 Å². The van der Waals surface area contributed by atoms with Gasteiger partial charge in [-0.2, -0.15) is 0 Å². The van der Waals surface area contributed by atoms with Gasteiger partial charge in [0.1, 0.15) is 0 Å². The molecule has 0 aromatic carbocycles. The van der Waals surface area contributed by atoms with Crippen molar-refractivity contribution in [1.82, 2.24) is 15.1 Å². The van der Waals surface area contributed by atoms with Crippen molar-refractivity contribution in [1.29, 1.82) is 0 Å². The van der Waals surface area contributed by atoms with E-state index in [9.17, 15) is 9.59 Å². The molecule has 1 fully saturated rings. The van der Waals surface area contributed by atoms with Crippen molar-refractivity contribution in [2.45, 2.75) is 13.3 Å². The van der Waals surface area contributed by atoms with Crippen LogP contribution in [-0.2, 0) is 9.53 Å². The van der Waals surface area contributed by atoms with Crippen molar-refractivity contribution in [2.75, 3.05) is 53.5 Å². The molecule has 7 heteroatoms. The van der Waals surface area contributed by atoms with Crippen LogP contribution in [0.15, 0.2) is 0 Å². The van der Waals surface area contributed by atoms with E-state index in [2.05, 4.69) is 5.32 Å². The van der Waals surface area contributed by atoms with Crippen LogP contribution in [0.5, 0.6) is 0 Å². The average Bonchev–Trinajstić information content (AvgIpc) is 2.77. The van der Waals surface area contributed by atoms with Crippen molar-refractivity contribution in [2.24, 2.45) is 5.41 Å². The molecule has 1 unspecified atom stereocenters. The minimum Gasteiger partial charge on any atom is -0.481 e. The summed E-state index contributed by atoms with van der Waals surface area (Å²) < 4.78 is 5.37. The van der Waals surface area contributed by atoms with E-state index in [4.69, 9.17) is 9.84 Å². The zero-order valence-corrected chi connectivity index (χ0v) is 12.5. The zero-order chi connectivity index (χ0) is 15.2. The molecule has 20 heavy (non-hydrogen) atoms.